The average molecular weight is 228 g/mol. The van der Waals surface area contributed by atoms with E-state index in [2.05, 4.69) is 6.58 Å². The van der Waals surface area contributed by atoms with Gasteiger partial charge < -0.3 is 5.11 Å². The van der Waals surface area contributed by atoms with Gasteiger partial charge >= 0.3 is 0 Å². The van der Waals surface area contributed by atoms with E-state index in [1.165, 1.54) is 6.42 Å². The van der Waals surface area contributed by atoms with Crippen LogP contribution in [-0.4, -0.2) is 25.4 Å². The van der Waals surface area contributed by atoms with Crippen molar-refractivity contribution in [1.29, 1.82) is 0 Å². The van der Waals surface area contributed by atoms with Crippen LogP contribution in [0.5, 0.6) is 0 Å². The van der Waals surface area contributed by atoms with E-state index in [0.717, 1.165) is 38.5 Å². The summed E-state index contributed by atoms with van der Waals surface area (Å²) in [5.41, 5.74) is -0.558. The SMILES string of the molecule is C=CCCC1(O)CC2CCCC(C1)S2=O. The molecule has 2 saturated heterocycles. The van der Waals surface area contributed by atoms with Gasteiger partial charge in [0.05, 0.1) is 5.60 Å². The van der Waals surface area contributed by atoms with Gasteiger partial charge in [-0.3, -0.25) is 4.21 Å². The Labute approximate surface area is 94.2 Å². The van der Waals surface area contributed by atoms with Crippen LogP contribution in [0, 0.1) is 0 Å². The minimum absolute atomic E-state index is 0.257. The Balaban J connectivity index is 2.05. The molecule has 0 radical (unpaired) electrons. The first kappa shape index (κ1) is 11.3. The maximum absolute atomic E-state index is 11.9. The Morgan fingerprint density at radius 3 is 2.53 bits per heavy atom. The van der Waals surface area contributed by atoms with Gasteiger partial charge in [-0.2, -0.15) is 0 Å². The minimum atomic E-state index is -0.674. The van der Waals surface area contributed by atoms with Gasteiger partial charge in [0.2, 0.25) is 0 Å². The maximum atomic E-state index is 11.9. The second-order valence-electron chi connectivity index (χ2n) is 4.96. The molecule has 2 bridgehead atoms. The summed E-state index contributed by atoms with van der Waals surface area (Å²) in [6, 6.07) is 0. The second-order valence-corrected chi connectivity index (χ2v) is 6.95. The highest BCUT2D eigenvalue weighted by molar-refractivity contribution is 7.86. The monoisotopic (exact) mass is 228 g/mol. The molecule has 15 heavy (non-hydrogen) atoms. The summed E-state index contributed by atoms with van der Waals surface area (Å²) in [5, 5.41) is 11.0. The van der Waals surface area contributed by atoms with E-state index >= 15 is 0 Å². The maximum Gasteiger partial charge on any atom is 0.0673 e. The lowest BCUT2D eigenvalue weighted by Crippen LogP contribution is -2.48. The summed E-state index contributed by atoms with van der Waals surface area (Å²) in [4.78, 5) is 0. The van der Waals surface area contributed by atoms with E-state index in [1.807, 2.05) is 6.08 Å². The summed E-state index contributed by atoms with van der Waals surface area (Å²) in [7, 11) is -0.674. The van der Waals surface area contributed by atoms with Crippen LogP contribution in [-0.2, 0) is 10.8 Å². The quantitative estimate of drug-likeness (QED) is 0.752. The first-order valence-corrected chi connectivity index (χ1v) is 7.15. The van der Waals surface area contributed by atoms with E-state index < -0.39 is 16.4 Å². The molecule has 0 aromatic heterocycles. The van der Waals surface area contributed by atoms with E-state index in [9.17, 15) is 9.32 Å². The molecule has 2 heterocycles. The Morgan fingerprint density at radius 1 is 1.40 bits per heavy atom. The third kappa shape index (κ3) is 2.34. The molecule has 2 aliphatic rings. The van der Waals surface area contributed by atoms with Crippen molar-refractivity contribution in [3.8, 4) is 0 Å². The van der Waals surface area contributed by atoms with Crippen LogP contribution in [0.1, 0.15) is 44.9 Å². The molecule has 86 valence electrons. The van der Waals surface area contributed by atoms with Gasteiger partial charge in [-0.1, -0.05) is 12.5 Å². The van der Waals surface area contributed by atoms with Gasteiger partial charge in [0, 0.05) is 21.3 Å². The Kier molecular flexibility index (Phi) is 3.31. The third-order valence-electron chi connectivity index (χ3n) is 3.74. The van der Waals surface area contributed by atoms with Crippen molar-refractivity contribution in [1.82, 2.24) is 0 Å². The standard InChI is InChI=1S/C12H20O2S/c1-2-3-7-12(13)8-10-5-4-6-11(9-12)15(10)14/h2,10-11,13H,1,3-9H2. The molecule has 2 nitrogen and oxygen atoms in total. The number of hydrogen-bond donors (Lipinski definition) is 1. The first-order valence-electron chi connectivity index (χ1n) is 5.87. The zero-order chi connectivity index (χ0) is 10.9. The van der Waals surface area contributed by atoms with Crippen LogP contribution in [0.25, 0.3) is 0 Å². The molecule has 0 aliphatic carbocycles. The highest BCUT2D eigenvalue weighted by Crippen LogP contribution is 2.41. The van der Waals surface area contributed by atoms with E-state index in [0.29, 0.717) is 0 Å². The number of fused-ring (bicyclic) bond motifs is 2. The van der Waals surface area contributed by atoms with Crippen molar-refractivity contribution in [3.63, 3.8) is 0 Å². The Morgan fingerprint density at radius 2 is 2.00 bits per heavy atom. The molecular formula is C12H20O2S. The molecule has 2 atom stereocenters. The predicted octanol–water partition coefficient (Wildman–Crippen LogP) is 2.15. The first-order chi connectivity index (χ1) is 7.14. The highest BCUT2D eigenvalue weighted by Gasteiger charge is 2.44. The van der Waals surface area contributed by atoms with E-state index in [4.69, 9.17) is 0 Å². The molecule has 0 saturated carbocycles. The van der Waals surface area contributed by atoms with Crippen LogP contribution >= 0.6 is 0 Å². The number of hydrogen-bond acceptors (Lipinski definition) is 2. The molecule has 0 amide bonds. The molecule has 0 aromatic carbocycles. The van der Waals surface area contributed by atoms with Crippen LogP contribution < -0.4 is 0 Å². The lowest BCUT2D eigenvalue weighted by atomic mass is 9.82. The summed E-state index contributed by atoms with van der Waals surface area (Å²) in [5.74, 6) is 0. The molecule has 2 unspecified atom stereocenters. The van der Waals surface area contributed by atoms with Crippen molar-refractivity contribution >= 4 is 10.8 Å². The largest absolute Gasteiger partial charge is 0.390 e. The zero-order valence-electron chi connectivity index (χ0n) is 9.15. The van der Waals surface area contributed by atoms with Gasteiger partial charge in [0.1, 0.15) is 0 Å². The summed E-state index contributed by atoms with van der Waals surface area (Å²) < 4.78 is 11.9. The minimum Gasteiger partial charge on any atom is -0.390 e. The summed E-state index contributed by atoms with van der Waals surface area (Å²) >= 11 is 0. The highest BCUT2D eigenvalue weighted by atomic mass is 32.2. The van der Waals surface area contributed by atoms with Gasteiger partial charge in [0.15, 0.2) is 0 Å². The fourth-order valence-corrected chi connectivity index (χ4v) is 5.24. The van der Waals surface area contributed by atoms with Crippen LogP contribution in [0.3, 0.4) is 0 Å². The predicted molar refractivity (Wildman–Crippen MR) is 63.2 cm³/mol. The number of allylic oxidation sites excluding steroid dienone is 1. The van der Waals surface area contributed by atoms with Gasteiger partial charge in [-0.05, 0) is 38.5 Å². The molecule has 3 heteroatoms. The topological polar surface area (TPSA) is 37.3 Å². The molecule has 0 spiro atoms. The lowest BCUT2D eigenvalue weighted by molar-refractivity contribution is 0.00401. The van der Waals surface area contributed by atoms with Crippen molar-refractivity contribution in [2.24, 2.45) is 0 Å². The summed E-state index contributed by atoms with van der Waals surface area (Å²) in [6.45, 7) is 3.69. The van der Waals surface area contributed by atoms with Gasteiger partial charge in [-0.15, -0.1) is 6.58 Å². The third-order valence-corrected chi connectivity index (χ3v) is 5.86. The van der Waals surface area contributed by atoms with E-state index in [1.54, 1.807) is 0 Å². The summed E-state index contributed by atoms with van der Waals surface area (Å²) in [6.07, 6.45) is 8.27. The second kappa shape index (κ2) is 4.38. The molecule has 1 N–H and O–H groups in total. The van der Waals surface area contributed by atoms with Crippen molar-refractivity contribution in [2.75, 3.05) is 0 Å². The van der Waals surface area contributed by atoms with Crippen LogP contribution in [0.15, 0.2) is 12.7 Å². The number of rotatable bonds is 3. The van der Waals surface area contributed by atoms with E-state index in [-0.39, 0.29) is 10.5 Å². The lowest BCUT2D eigenvalue weighted by Gasteiger charge is -2.43. The fraction of sp³-hybridized carbons (Fsp3) is 0.833. The van der Waals surface area contributed by atoms with Gasteiger partial charge in [-0.25, -0.2) is 0 Å². The van der Waals surface area contributed by atoms with Crippen molar-refractivity contribution < 1.29 is 9.32 Å². The normalized spacial score (nSPS) is 45.0. The van der Waals surface area contributed by atoms with Gasteiger partial charge in [0.25, 0.3) is 0 Å². The number of aliphatic hydroxyl groups is 1. The van der Waals surface area contributed by atoms with Crippen molar-refractivity contribution in [3.05, 3.63) is 12.7 Å². The molecule has 0 aromatic rings. The molecule has 2 aliphatic heterocycles. The molecular weight excluding hydrogens is 208 g/mol. The smallest absolute Gasteiger partial charge is 0.0673 e. The molecule has 2 fully saturated rings. The zero-order valence-corrected chi connectivity index (χ0v) is 9.97. The van der Waals surface area contributed by atoms with Crippen LogP contribution in [0.2, 0.25) is 0 Å². The van der Waals surface area contributed by atoms with Crippen molar-refractivity contribution in [2.45, 2.75) is 61.0 Å². The fourth-order valence-electron chi connectivity index (χ4n) is 2.95. The average Bonchev–Trinajstić information content (AvgIpc) is 2.18. The Hall–Kier alpha value is -0.150. The molecule has 2 rings (SSSR count). The van der Waals surface area contributed by atoms with Crippen LogP contribution in [0.4, 0.5) is 0 Å². The Bertz CT molecular complexity index is 259.